The van der Waals surface area contributed by atoms with Crippen LogP contribution in [-0.4, -0.2) is 24.9 Å². The van der Waals surface area contributed by atoms with Crippen molar-refractivity contribution >= 4 is 28.7 Å². The molecule has 2 aromatic carbocycles. The number of Topliss-reactive ketones (excluding diaryl/α,β-unsaturated/α-hetero) is 1. The average molecular weight is 594 g/mol. The minimum Gasteiger partial charge on any atom is -0.493 e. The Kier molecular flexibility index (Phi) is 15.1. The van der Waals surface area contributed by atoms with Gasteiger partial charge in [-0.2, -0.15) is 4.57 Å². The lowest BCUT2D eigenvalue weighted by Crippen LogP contribution is -2.35. The molecule has 0 bridgehead atoms. The summed E-state index contributed by atoms with van der Waals surface area (Å²) < 4.78 is 13.9. The van der Waals surface area contributed by atoms with Crippen LogP contribution in [0.4, 0.5) is 5.69 Å². The summed E-state index contributed by atoms with van der Waals surface area (Å²) in [5, 5.41) is 5.06. The number of thiazole rings is 1. The lowest BCUT2D eigenvalue weighted by molar-refractivity contribution is -0.689. The van der Waals surface area contributed by atoms with Crippen LogP contribution >= 0.6 is 11.3 Å². The van der Waals surface area contributed by atoms with Crippen molar-refractivity contribution in [1.82, 2.24) is 0 Å². The molecule has 0 aliphatic rings. The standard InChI is InChI=1S/C35H48N2O4S/c1-4-5-6-7-8-9-10-11-12-13-14-17-22-40-34-21-20-31(23-32(34)29(3)38)41-25-35(39)36-33-19-16-15-18-30(33)24-37-27-42-26-28(37)2/h15-16,18-21,23,26-27H,4-14,17,22,24-25H2,1-3H3/p+1. The molecule has 0 spiro atoms. The van der Waals surface area contributed by atoms with Crippen molar-refractivity contribution in [2.75, 3.05) is 18.5 Å². The molecule has 0 unspecified atom stereocenters. The highest BCUT2D eigenvalue weighted by Gasteiger charge is 2.15. The van der Waals surface area contributed by atoms with Crippen molar-refractivity contribution in [3.05, 3.63) is 70.2 Å². The van der Waals surface area contributed by atoms with Crippen molar-refractivity contribution in [3.63, 3.8) is 0 Å². The summed E-state index contributed by atoms with van der Waals surface area (Å²) in [4.78, 5) is 25.0. The van der Waals surface area contributed by atoms with Gasteiger partial charge in [-0.1, -0.05) is 107 Å². The van der Waals surface area contributed by atoms with E-state index in [2.05, 4.69) is 34.6 Å². The summed E-state index contributed by atoms with van der Waals surface area (Å²) in [5.41, 5.74) is 5.49. The maximum atomic E-state index is 12.7. The quantitative estimate of drug-likeness (QED) is 0.0762. The fourth-order valence-electron chi connectivity index (χ4n) is 4.94. The Hall–Kier alpha value is -3.19. The lowest BCUT2D eigenvalue weighted by Gasteiger charge is -2.13. The average Bonchev–Trinajstić information content (AvgIpc) is 3.39. The van der Waals surface area contributed by atoms with Gasteiger partial charge in [-0.05, 0) is 37.6 Å². The highest BCUT2D eigenvalue weighted by molar-refractivity contribution is 7.07. The predicted molar refractivity (Wildman–Crippen MR) is 172 cm³/mol. The van der Waals surface area contributed by atoms with E-state index in [0.717, 1.165) is 24.1 Å². The predicted octanol–water partition coefficient (Wildman–Crippen LogP) is 8.69. The van der Waals surface area contributed by atoms with Crippen molar-refractivity contribution in [2.45, 2.75) is 104 Å². The Bertz CT molecular complexity index is 1240. The first kappa shape index (κ1) is 33.3. The van der Waals surface area contributed by atoms with Crippen LogP contribution in [0.5, 0.6) is 11.5 Å². The van der Waals surface area contributed by atoms with Crippen molar-refractivity contribution in [2.24, 2.45) is 0 Å². The second kappa shape index (κ2) is 19.1. The number of nitrogens with zero attached hydrogens (tertiary/aromatic N) is 1. The van der Waals surface area contributed by atoms with Gasteiger partial charge in [0.1, 0.15) is 11.5 Å². The summed E-state index contributed by atoms with van der Waals surface area (Å²) in [7, 11) is 0. The van der Waals surface area contributed by atoms with Gasteiger partial charge in [0, 0.05) is 12.5 Å². The Morgan fingerprint density at radius 3 is 2.17 bits per heavy atom. The number of hydrogen-bond donors (Lipinski definition) is 1. The monoisotopic (exact) mass is 593 g/mol. The highest BCUT2D eigenvalue weighted by Crippen LogP contribution is 2.25. The number of aromatic nitrogens is 1. The number of ether oxygens (including phenoxy) is 2. The first-order chi connectivity index (χ1) is 20.5. The summed E-state index contributed by atoms with van der Waals surface area (Å²) in [5.74, 6) is 0.680. The van der Waals surface area contributed by atoms with Crippen LogP contribution in [0.1, 0.15) is 113 Å². The van der Waals surface area contributed by atoms with E-state index in [-0.39, 0.29) is 18.3 Å². The molecule has 1 amide bonds. The Balaban J connectivity index is 1.38. The number of hydrogen-bond acceptors (Lipinski definition) is 5. The number of ketones is 1. The van der Waals surface area contributed by atoms with E-state index >= 15 is 0 Å². The smallest absolute Gasteiger partial charge is 0.262 e. The number of para-hydroxylation sites is 1. The number of anilines is 1. The van der Waals surface area contributed by atoms with Gasteiger partial charge in [-0.25, -0.2) is 0 Å². The Morgan fingerprint density at radius 1 is 0.857 bits per heavy atom. The number of amides is 1. The topological polar surface area (TPSA) is 68.5 Å². The number of unbranched alkanes of at least 4 members (excludes halogenated alkanes) is 11. The zero-order chi connectivity index (χ0) is 30.0. The van der Waals surface area contributed by atoms with E-state index in [1.165, 1.54) is 76.8 Å². The summed E-state index contributed by atoms with van der Waals surface area (Å²) in [6.07, 6.45) is 15.5. The third-order valence-electron chi connectivity index (χ3n) is 7.47. The lowest BCUT2D eigenvalue weighted by atomic mass is 10.1. The zero-order valence-corrected chi connectivity index (χ0v) is 26.6. The van der Waals surface area contributed by atoms with Crippen LogP contribution < -0.4 is 19.4 Å². The maximum Gasteiger partial charge on any atom is 0.262 e. The van der Waals surface area contributed by atoms with E-state index in [1.54, 1.807) is 29.5 Å². The molecule has 0 atom stereocenters. The number of aryl methyl sites for hydroxylation is 1. The van der Waals surface area contributed by atoms with Gasteiger partial charge in [0.2, 0.25) is 5.51 Å². The van der Waals surface area contributed by atoms with Crippen LogP contribution in [0.25, 0.3) is 0 Å². The van der Waals surface area contributed by atoms with Gasteiger partial charge < -0.3 is 14.8 Å². The molecule has 0 aliphatic heterocycles. The summed E-state index contributed by atoms with van der Waals surface area (Å²) in [6, 6.07) is 13.0. The molecule has 0 aliphatic carbocycles. The van der Waals surface area contributed by atoms with Gasteiger partial charge in [0.15, 0.2) is 24.6 Å². The molecule has 0 radical (unpaired) electrons. The normalized spacial score (nSPS) is 10.9. The first-order valence-electron chi connectivity index (χ1n) is 15.7. The van der Waals surface area contributed by atoms with Crippen LogP contribution in [0.15, 0.2) is 53.4 Å². The van der Waals surface area contributed by atoms with Crippen molar-refractivity contribution in [3.8, 4) is 11.5 Å². The van der Waals surface area contributed by atoms with E-state index in [9.17, 15) is 9.59 Å². The molecule has 0 fully saturated rings. The SMILES string of the molecule is CCCCCCCCCCCCCCOc1ccc(OCC(=O)Nc2ccccc2C[n+]2cscc2C)cc1C(C)=O. The molecule has 1 N–H and O–H groups in total. The largest absolute Gasteiger partial charge is 0.493 e. The second-order valence-corrected chi connectivity index (χ2v) is 11.8. The van der Waals surface area contributed by atoms with Gasteiger partial charge >= 0.3 is 0 Å². The zero-order valence-electron chi connectivity index (χ0n) is 25.8. The number of benzene rings is 2. The van der Waals surface area contributed by atoms with E-state index in [4.69, 9.17) is 9.47 Å². The number of carbonyl (C=O) groups is 2. The molecule has 3 aromatic rings. The molecule has 0 saturated heterocycles. The molecule has 1 aromatic heterocycles. The molecule has 1 heterocycles. The second-order valence-electron chi connectivity index (χ2n) is 11.1. The van der Waals surface area contributed by atoms with Crippen molar-refractivity contribution in [1.29, 1.82) is 0 Å². The van der Waals surface area contributed by atoms with Gasteiger partial charge in [-0.3, -0.25) is 9.59 Å². The molecule has 7 heteroatoms. The molecule has 228 valence electrons. The summed E-state index contributed by atoms with van der Waals surface area (Å²) in [6.45, 7) is 6.95. The van der Waals surface area contributed by atoms with E-state index in [1.807, 2.05) is 24.3 Å². The van der Waals surface area contributed by atoms with Crippen molar-refractivity contribution < 1.29 is 23.6 Å². The molecule has 42 heavy (non-hydrogen) atoms. The van der Waals surface area contributed by atoms with E-state index < -0.39 is 0 Å². The first-order valence-corrected chi connectivity index (χ1v) is 16.6. The van der Waals surface area contributed by atoms with Gasteiger partial charge in [0.05, 0.1) is 23.2 Å². The minimum atomic E-state index is -0.258. The van der Waals surface area contributed by atoms with Crippen LogP contribution in [0.2, 0.25) is 0 Å². The van der Waals surface area contributed by atoms with Crippen LogP contribution in [0.3, 0.4) is 0 Å². The van der Waals surface area contributed by atoms with Crippen LogP contribution in [0, 0.1) is 6.92 Å². The molecule has 3 rings (SSSR count). The van der Waals surface area contributed by atoms with E-state index in [0.29, 0.717) is 30.2 Å². The number of carbonyl (C=O) groups excluding carboxylic acids is 2. The maximum absolute atomic E-state index is 12.7. The van der Waals surface area contributed by atoms with Crippen LogP contribution in [-0.2, 0) is 11.3 Å². The van der Waals surface area contributed by atoms with Gasteiger partial charge in [-0.15, -0.1) is 0 Å². The third-order valence-corrected chi connectivity index (χ3v) is 8.32. The number of nitrogens with one attached hydrogen (secondary N) is 1. The molecular weight excluding hydrogens is 544 g/mol. The Labute approximate surface area is 256 Å². The molecule has 6 nitrogen and oxygen atoms in total. The molecule has 0 saturated carbocycles. The molecular formula is C35H49N2O4S+. The van der Waals surface area contributed by atoms with Gasteiger partial charge in [0.25, 0.3) is 5.91 Å². The third kappa shape index (κ3) is 12.0. The fraction of sp³-hybridized carbons (Fsp3) is 0.514. The highest BCUT2D eigenvalue weighted by atomic mass is 32.1. The summed E-state index contributed by atoms with van der Waals surface area (Å²) >= 11 is 1.65. The number of rotatable bonds is 21. The Morgan fingerprint density at radius 2 is 1.52 bits per heavy atom. The fourth-order valence-corrected chi connectivity index (χ4v) is 5.72. The minimum absolute atomic E-state index is 0.0928.